The molecule has 6 rings (SSSR count). The molecule has 2 aliphatic rings. The second-order valence-corrected chi connectivity index (χ2v) is 14.8. The maximum Gasteiger partial charge on any atom is 0.283 e. The highest BCUT2D eigenvalue weighted by Gasteiger charge is 2.30. The molecule has 236 valence electrons. The minimum Gasteiger partial charge on any atom is -0.452 e. The average Bonchev–Trinajstić information content (AvgIpc) is 3.46. The normalized spacial score (nSPS) is 17.5. The van der Waals surface area contributed by atoms with Crippen LogP contribution in [0, 0.1) is 5.41 Å². The van der Waals surface area contributed by atoms with E-state index < -0.39 is 15.9 Å². The number of fused-ring (bicyclic) bond motifs is 1. The molecule has 0 radical (unpaired) electrons. The fourth-order valence-corrected chi connectivity index (χ4v) is 6.65. The van der Waals surface area contributed by atoms with Crippen LogP contribution in [0.5, 0.6) is 11.5 Å². The van der Waals surface area contributed by atoms with Gasteiger partial charge in [-0.15, -0.1) is 0 Å². The van der Waals surface area contributed by atoms with Crippen LogP contribution in [0.15, 0.2) is 66.6 Å². The summed E-state index contributed by atoms with van der Waals surface area (Å²) < 4.78 is 31.7. The van der Waals surface area contributed by atoms with Crippen molar-refractivity contribution in [2.24, 2.45) is 5.41 Å². The molecule has 1 fully saturated rings. The Morgan fingerprint density at radius 3 is 2.56 bits per heavy atom. The number of piperazine rings is 1. The standard InChI is InChI=1S/C33H37ClN6O4S/c1-33(2)10-8-24(27(18-33)22-4-6-25(34)7-5-22)21-39-12-14-40(15-13-39)29-17-28(32(41)38-45(3,42)43)36-20-30(29)44-26-16-23-9-11-35-31(23)37-19-26/h4-7,9,11,16-17,19-20H,8,10,12-15,18,21H2,1-3H3,(H,35,37)(H,38,41). The van der Waals surface area contributed by atoms with Crippen LogP contribution in [-0.2, 0) is 10.0 Å². The van der Waals surface area contributed by atoms with E-state index in [1.807, 2.05) is 35.2 Å². The number of carbonyl (C=O) groups excluding carboxylic acids is 1. The molecule has 0 saturated carbocycles. The van der Waals surface area contributed by atoms with Crippen molar-refractivity contribution in [3.05, 3.63) is 82.9 Å². The van der Waals surface area contributed by atoms with E-state index in [0.29, 0.717) is 30.3 Å². The molecule has 4 aromatic rings. The lowest BCUT2D eigenvalue weighted by Crippen LogP contribution is -2.47. The molecule has 45 heavy (non-hydrogen) atoms. The van der Waals surface area contributed by atoms with Crippen LogP contribution < -0.4 is 14.4 Å². The lowest BCUT2D eigenvalue weighted by molar-refractivity contribution is 0.0977. The maximum absolute atomic E-state index is 12.7. The van der Waals surface area contributed by atoms with E-state index in [9.17, 15) is 13.2 Å². The number of anilines is 1. The molecule has 1 amide bonds. The van der Waals surface area contributed by atoms with Gasteiger partial charge < -0.3 is 14.6 Å². The Balaban J connectivity index is 1.23. The molecule has 4 heterocycles. The largest absolute Gasteiger partial charge is 0.452 e. The smallest absolute Gasteiger partial charge is 0.283 e. The van der Waals surface area contributed by atoms with E-state index in [-0.39, 0.29) is 11.1 Å². The third-order valence-electron chi connectivity index (χ3n) is 8.47. The van der Waals surface area contributed by atoms with E-state index >= 15 is 0 Å². The van der Waals surface area contributed by atoms with Crippen LogP contribution in [0.25, 0.3) is 16.6 Å². The summed E-state index contributed by atoms with van der Waals surface area (Å²) in [5, 5.41) is 1.64. The van der Waals surface area contributed by atoms with E-state index in [4.69, 9.17) is 16.3 Å². The summed E-state index contributed by atoms with van der Waals surface area (Å²) in [6, 6.07) is 13.6. The Labute approximate surface area is 268 Å². The SMILES string of the molecule is CC1(C)CCC(CN2CCN(c3cc(C(=O)NS(C)(=O)=O)ncc3Oc3cnc4[nH]ccc4c3)CC2)=C(c2ccc(Cl)cc2)C1. The minimum absolute atomic E-state index is 0.00741. The van der Waals surface area contributed by atoms with Crippen molar-refractivity contribution in [1.29, 1.82) is 0 Å². The molecule has 2 N–H and O–H groups in total. The van der Waals surface area contributed by atoms with Crippen LogP contribution in [0.2, 0.25) is 5.02 Å². The predicted molar refractivity (Wildman–Crippen MR) is 177 cm³/mol. The first kappa shape index (κ1) is 31.1. The number of benzene rings is 1. The second-order valence-electron chi connectivity index (χ2n) is 12.6. The third-order valence-corrected chi connectivity index (χ3v) is 9.27. The van der Waals surface area contributed by atoms with Crippen molar-refractivity contribution >= 4 is 49.8 Å². The van der Waals surface area contributed by atoms with Gasteiger partial charge in [-0.3, -0.25) is 9.69 Å². The fourth-order valence-electron chi connectivity index (χ4n) is 6.09. The Bertz CT molecular complexity index is 1860. The molecule has 12 heteroatoms. The Kier molecular flexibility index (Phi) is 8.60. The van der Waals surface area contributed by atoms with Gasteiger partial charge in [0.25, 0.3) is 5.91 Å². The summed E-state index contributed by atoms with van der Waals surface area (Å²) >= 11 is 6.20. The number of pyridine rings is 2. The number of hydrogen-bond donors (Lipinski definition) is 2. The summed E-state index contributed by atoms with van der Waals surface area (Å²) in [6.45, 7) is 8.57. The molecule has 0 bridgehead atoms. The first-order chi connectivity index (χ1) is 21.4. The molecule has 1 aliphatic carbocycles. The van der Waals surface area contributed by atoms with E-state index in [1.54, 1.807) is 12.3 Å². The van der Waals surface area contributed by atoms with Gasteiger partial charge in [0, 0.05) is 49.3 Å². The van der Waals surface area contributed by atoms with Gasteiger partial charge in [-0.05, 0) is 66.1 Å². The minimum atomic E-state index is -3.75. The lowest BCUT2D eigenvalue weighted by Gasteiger charge is -2.39. The number of ether oxygens (including phenoxy) is 1. The van der Waals surface area contributed by atoms with E-state index in [1.165, 1.54) is 22.9 Å². The van der Waals surface area contributed by atoms with Crippen molar-refractivity contribution in [2.45, 2.75) is 33.1 Å². The Morgan fingerprint density at radius 2 is 1.82 bits per heavy atom. The molecule has 0 atom stereocenters. The average molecular weight is 649 g/mol. The molecular formula is C33H37ClN6O4S. The van der Waals surface area contributed by atoms with Gasteiger partial charge in [0.2, 0.25) is 10.0 Å². The highest BCUT2D eigenvalue weighted by molar-refractivity contribution is 7.89. The summed E-state index contributed by atoms with van der Waals surface area (Å²) in [6.07, 6.45) is 9.09. The van der Waals surface area contributed by atoms with Crippen molar-refractivity contribution in [1.82, 2.24) is 24.6 Å². The van der Waals surface area contributed by atoms with Crippen molar-refractivity contribution in [2.75, 3.05) is 43.9 Å². The van der Waals surface area contributed by atoms with Gasteiger partial charge in [0.05, 0.1) is 24.3 Å². The van der Waals surface area contributed by atoms with Gasteiger partial charge in [-0.2, -0.15) is 0 Å². The Hall–Kier alpha value is -3.93. The van der Waals surface area contributed by atoms with Gasteiger partial charge >= 0.3 is 0 Å². The van der Waals surface area contributed by atoms with Gasteiger partial charge in [-0.1, -0.05) is 43.2 Å². The number of nitrogens with zero attached hydrogens (tertiary/aromatic N) is 4. The molecule has 0 unspecified atom stereocenters. The van der Waals surface area contributed by atoms with Crippen molar-refractivity contribution < 1.29 is 17.9 Å². The number of aromatic amines is 1. The number of amides is 1. The summed E-state index contributed by atoms with van der Waals surface area (Å²) in [7, 11) is -3.75. The van der Waals surface area contributed by atoms with Gasteiger partial charge in [-0.25, -0.2) is 23.1 Å². The number of allylic oxidation sites excluding steroid dienone is 1. The molecule has 10 nitrogen and oxygen atoms in total. The summed E-state index contributed by atoms with van der Waals surface area (Å²) in [5.74, 6) is 0.193. The predicted octanol–water partition coefficient (Wildman–Crippen LogP) is 5.88. The summed E-state index contributed by atoms with van der Waals surface area (Å²) in [4.78, 5) is 29.1. The highest BCUT2D eigenvalue weighted by Crippen LogP contribution is 2.43. The van der Waals surface area contributed by atoms with Crippen molar-refractivity contribution in [3.63, 3.8) is 0 Å². The first-order valence-electron chi connectivity index (χ1n) is 15.0. The Morgan fingerprint density at radius 1 is 1.07 bits per heavy atom. The zero-order valence-corrected chi connectivity index (χ0v) is 27.2. The first-order valence-corrected chi connectivity index (χ1v) is 17.3. The summed E-state index contributed by atoms with van der Waals surface area (Å²) in [5.41, 5.74) is 5.80. The second kappa shape index (κ2) is 12.5. The highest BCUT2D eigenvalue weighted by atomic mass is 35.5. The van der Waals surface area contributed by atoms with Crippen LogP contribution in [0.4, 0.5) is 5.69 Å². The lowest BCUT2D eigenvalue weighted by atomic mass is 9.72. The number of hydrogen-bond acceptors (Lipinski definition) is 8. The molecule has 1 aromatic carbocycles. The third kappa shape index (κ3) is 7.49. The zero-order chi connectivity index (χ0) is 31.8. The molecule has 1 saturated heterocycles. The number of carbonyl (C=O) groups is 1. The van der Waals surface area contributed by atoms with Gasteiger partial charge in [0.1, 0.15) is 17.1 Å². The fraction of sp³-hybridized carbons (Fsp3) is 0.364. The molecule has 3 aromatic heterocycles. The topological polar surface area (TPSA) is 121 Å². The van der Waals surface area contributed by atoms with Crippen molar-refractivity contribution in [3.8, 4) is 11.5 Å². The van der Waals surface area contributed by atoms with Gasteiger partial charge in [0.15, 0.2) is 5.75 Å². The number of nitrogens with one attached hydrogen (secondary N) is 2. The van der Waals surface area contributed by atoms with Crippen LogP contribution in [-0.4, -0.2) is 73.2 Å². The molecule has 0 spiro atoms. The number of H-pyrrole nitrogens is 1. The van der Waals surface area contributed by atoms with E-state index in [0.717, 1.165) is 61.2 Å². The van der Waals surface area contributed by atoms with Crippen LogP contribution in [0.3, 0.4) is 0 Å². The molecule has 1 aliphatic heterocycles. The van der Waals surface area contributed by atoms with Crippen LogP contribution in [0.1, 0.15) is 49.2 Å². The number of sulfonamides is 1. The number of rotatable bonds is 8. The zero-order valence-electron chi connectivity index (χ0n) is 25.6. The monoisotopic (exact) mass is 648 g/mol. The van der Waals surface area contributed by atoms with E-state index in [2.05, 4.69) is 50.7 Å². The quantitative estimate of drug-likeness (QED) is 0.243. The number of halogens is 1. The number of aromatic nitrogens is 3. The van der Waals surface area contributed by atoms with Crippen LogP contribution >= 0.6 is 11.6 Å². The molecular weight excluding hydrogens is 612 g/mol. The maximum atomic E-state index is 12.7.